The second-order valence-corrected chi connectivity index (χ2v) is 11.8. The Morgan fingerprint density at radius 3 is 1.69 bits per heavy atom. The van der Waals surface area contributed by atoms with E-state index in [9.17, 15) is 0 Å². The van der Waals surface area contributed by atoms with Crippen molar-refractivity contribution < 1.29 is 0 Å². The summed E-state index contributed by atoms with van der Waals surface area (Å²) >= 11 is 0. The van der Waals surface area contributed by atoms with Crippen LogP contribution in [0, 0.1) is 19.3 Å². The molecule has 0 aliphatic rings. The van der Waals surface area contributed by atoms with E-state index in [-0.39, 0.29) is 5.41 Å². The van der Waals surface area contributed by atoms with Crippen LogP contribution in [0.25, 0.3) is 22.3 Å². The molecule has 0 spiro atoms. The van der Waals surface area contributed by atoms with Crippen molar-refractivity contribution in [1.29, 1.82) is 0 Å². The van der Waals surface area contributed by atoms with E-state index in [1.165, 1.54) is 38.9 Å². The van der Waals surface area contributed by atoms with E-state index in [4.69, 9.17) is 0 Å². The molecule has 4 rings (SSSR count). The fraction of sp³-hybridized carbons (Fsp3) is 0.294. The quantitative estimate of drug-likeness (QED) is 0.301. The molecule has 0 saturated heterocycles. The molecule has 0 fully saturated rings. The highest BCUT2D eigenvalue weighted by Gasteiger charge is 2.27. The highest BCUT2D eigenvalue weighted by atomic mass is 14.9. The van der Waals surface area contributed by atoms with Gasteiger partial charge in [-0.15, -0.1) is 0 Å². The summed E-state index contributed by atoms with van der Waals surface area (Å²) in [5, 5.41) is 3.56. The summed E-state index contributed by atoms with van der Waals surface area (Å²) in [6, 6.07) is 33.2. The van der Waals surface area contributed by atoms with Crippen LogP contribution < -0.4 is 5.32 Å². The van der Waals surface area contributed by atoms with Gasteiger partial charge in [0.05, 0.1) is 0 Å². The molecule has 1 N–H and O–H groups in total. The highest BCUT2D eigenvalue weighted by molar-refractivity contribution is 5.84. The zero-order valence-electron chi connectivity index (χ0n) is 22.4. The van der Waals surface area contributed by atoms with Crippen molar-refractivity contribution in [2.75, 3.05) is 5.32 Å². The fourth-order valence-corrected chi connectivity index (χ4v) is 5.36. The molecule has 0 aliphatic carbocycles. The number of nitrogens with one attached hydrogen (secondary N) is 1. The minimum Gasteiger partial charge on any atom is -0.355 e. The minimum atomic E-state index is 0.148. The number of rotatable bonds is 6. The Balaban J connectivity index is 1.59. The van der Waals surface area contributed by atoms with E-state index in [2.05, 4.69) is 145 Å². The number of hydrogen-bond acceptors (Lipinski definition) is 1. The lowest BCUT2D eigenvalue weighted by Gasteiger charge is -2.33. The normalized spacial score (nSPS) is 12.0. The SMILES string of the molecule is Cc1ccc(Nc2ccc(-c3ccccc3-c3ccc(C(C)(C)CC(C)(C)C)cc3)cc2)c(C)c1. The third kappa shape index (κ3) is 6.03. The summed E-state index contributed by atoms with van der Waals surface area (Å²) in [4.78, 5) is 0. The van der Waals surface area contributed by atoms with Crippen molar-refractivity contribution in [2.45, 2.75) is 60.3 Å². The molecule has 35 heavy (non-hydrogen) atoms. The van der Waals surface area contributed by atoms with E-state index in [0.29, 0.717) is 5.41 Å². The molecule has 0 radical (unpaired) electrons. The first-order valence-corrected chi connectivity index (χ1v) is 12.7. The third-order valence-corrected chi connectivity index (χ3v) is 6.73. The van der Waals surface area contributed by atoms with E-state index < -0.39 is 0 Å². The van der Waals surface area contributed by atoms with Gasteiger partial charge in [0.2, 0.25) is 0 Å². The summed E-state index contributed by atoms with van der Waals surface area (Å²) in [5.74, 6) is 0. The molecule has 4 aromatic rings. The third-order valence-electron chi connectivity index (χ3n) is 6.73. The molecule has 1 heteroatoms. The van der Waals surface area contributed by atoms with Gasteiger partial charge in [0.15, 0.2) is 0 Å². The predicted octanol–water partition coefficient (Wildman–Crippen LogP) is 10.1. The van der Waals surface area contributed by atoms with Gasteiger partial charge in [-0.05, 0) is 82.7 Å². The van der Waals surface area contributed by atoms with Gasteiger partial charge in [-0.3, -0.25) is 0 Å². The minimum absolute atomic E-state index is 0.148. The van der Waals surface area contributed by atoms with Crippen molar-refractivity contribution in [1.82, 2.24) is 0 Å². The largest absolute Gasteiger partial charge is 0.355 e. The first-order valence-electron chi connectivity index (χ1n) is 12.7. The maximum atomic E-state index is 3.56. The average Bonchev–Trinajstić information content (AvgIpc) is 2.80. The summed E-state index contributed by atoms with van der Waals surface area (Å²) in [7, 11) is 0. The van der Waals surface area contributed by atoms with Gasteiger partial charge in [0.1, 0.15) is 0 Å². The average molecular weight is 462 g/mol. The number of anilines is 2. The van der Waals surface area contributed by atoms with Gasteiger partial charge in [0.25, 0.3) is 0 Å². The van der Waals surface area contributed by atoms with E-state index in [1.807, 2.05) is 0 Å². The van der Waals surface area contributed by atoms with E-state index in [0.717, 1.165) is 17.8 Å². The molecular formula is C34H39N. The first-order chi connectivity index (χ1) is 16.5. The molecule has 1 nitrogen and oxygen atoms in total. The van der Waals surface area contributed by atoms with Gasteiger partial charge in [-0.1, -0.05) is 113 Å². The van der Waals surface area contributed by atoms with Crippen molar-refractivity contribution in [2.24, 2.45) is 5.41 Å². The van der Waals surface area contributed by atoms with Crippen LogP contribution >= 0.6 is 0 Å². The molecule has 0 saturated carbocycles. The Bertz CT molecular complexity index is 1290. The summed E-state index contributed by atoms with van der Waals surface area (Å²) in [6.07, 6.45) is 1.15. The topological polar surface area (TPSA) is 12.0 Å². The smallest absolute Gasteiger partial charge is 0.0414 e. The molecule has 0 heterocycles. The Kier molecular flexibility index (Phi) is 6.90. The van der Waals surface area contributed by atoms with Crippen molar-refractivity contribution in [3.63, 3.8) is 0 Å². The van der Waals surface area contributed by atoms with Crippen LogP contribution in [0.15, 0.2) is 91.0 Å². The summed E-state index contributed by atoms with van der Waals surface area (Å²) < 4.78 is 0. The molecule has 4 aromatic carbocycles. The maximum absolute atomic E-state index is 3.56. The fourth-order valence-electron chi connectivity index (χ4n) is 5.36. The Morgan fingerprint density at radius 1 is 0.629 bits per heavy atom. The second kappa shape index (κ2) is 9.74. The van der Waals surface area contributed by atoms with Crippen molar-refractivity contribution in [3.8, 4) is 22.3 Å². The van der Waals surface area contributed by atoms with Crippen LogP contribution in [0.1, 0.15) is 57.7 Å². The maximum Gasteiger partial charge on any atom is 0.0414 e. The van der Waals surface area contributed by atoms with E-state index >= 15 is 0 Å². The van der Waals surface area contributed by atoms with Crippen LogP contribution in [0.5, 0.6) is 0 Å². The zero-order valence-corrected chi connectivity index (χ0v) is 22.4. The monoisotopic (exact) mass is 461 g/mol. The lowest BCUT2D eigenvalue weighted by molar-refractivity contribution is 0.284. The van der Waals surface area contributed by atoms with Crippen molar-refractivity contribution >= 4 is 11.4 Å². The lowest BCUT2D eigenvalue weighted by atomic mass is 9.72. The van der Waals surface area contributed by atoms with Crippen LogP contribution in [-0.2, 0) is 5.41 Å². The van der Waals surface area contributed by atoms with Gasteiger partial charge in [0, 0.05) is 11.4 Å². The lowest BCUT2D eigenvalue weighted by Crippen LogP contribution is -2.24. The molecule has 0 atom stereocenters. The molecule has 0 unspecified atom stereocenters. The predicted molar refractivity (Wildman–Crippen MR) is 154 cm³/mol. The van der Waals surface area contributed by atoms with Crippen LogP contribution in [0.3, 0.4) is 0 Å². The summed E-state index contributed by atoms with van der Waals surface area (Å²) in [5.41, 5.74) is 11.6. The van der Waals surface area contributed by atoms with Crippen molar-refractivity contribution in [3.05, 3.63) is 108 Å². The molecule has 0 aromatic heterocycles. The molecule has 0 amide bonds. The highest BCUT2D eigenvalue weighted by Crippen LogP contribution is 2.38. The Labute approximate surface area is 212 Å². The standard InChI is InChI=1S/C34H39N/c1-24-12-21-32(25(2)22-24)35-29-19-15-27(16-20-29)31-11-9-8-10-30(31)26-13-17-28(18-14-26)34(6,7)23-33(3,4)5/h8-22,35H,23H2,1-7H3. The van der Waals surface area contributed by atoms with Gasteiger partial charge in [-0.2, -0.15) is 0 Å². The van der Waals surface area contributed by atoms with Crippen LogP contribution in [0.2, 0.25) is 0 Å². The summed E-state index contributed by atoms with van der Waals surface area (Å²) in [6.45, 7) is 16.0. The van der Waals surface area contributed by atoms with Gasteiger partial charge in [-0.25, -0.2) is 0 Å². The Morgan fingerprint density at radius 2 is 1.17 bits per heavy atom. The molecule has 0 aliphatic heterocycles. The number of benzene rings is 4. The zero-order chi connectivity index (χ0) is 25.2. The molecule has 0 bridgehead atoms. The molecular weight excluding hydrogens is 422 g/mol. The molecule has 180 valence electrons. The van der Waals surface area contributed by atoms with Crippen LogP contribution in [0.4, 0.5) is 11.4 Å². The van der Waals surface area contributed by atoms with Gasteiger partial charge < -0.3 is 5.32 Å². The Hall–Kier alpha value is -3.32. The number of aryl methyl sites for hydroxylation is 2. The van der Waals surface area contributed by atoms with Gasteiger partial charge >= 0.3 is 0 Å². The number of hydrogen-bond donors (Lipinski definition) is 1. The van der Waals surface area contributed by atoms with E-state index in [1.54, 1.807) is 0 Å². The second-order valence-electron chi connectivity index (χ2n) is 11.8. The first kappa shape index (κ1) is 24.8. The van der Waals surface area contributed by atoms with Crippen LogP contribution in [-0.4, -0.2) is 0 Å².